The van der Waals surface area contributed by atoms with E-state index in [1.54, 1.807) is 4.90 Å². The van der Waals surface area contributed by atoms with Crippen LogP contribution in [-0.4, -0.2) is 36.6 Å². The third-order valence-electron chi connectivity index (χ3n) is 2.80. The molecule has 1 atom stereocenters. The second kappa shape index (κ2) is 5.65. The van der Waals surface area contributed by atoms with Crippen molar-refractivity contribution >= 4 is 5.91 Å². The summed E-state index contributed by atoms with van der Waals surface area (Å²) in [5.41, 5.74) is 0. The number of amides is 1. The van der Waals surface area contributed by atoms with Gasteiger partial charge in [-0.05, 0) is 18.6 Å². The molecule has 1 fully saturated rings. The standard InChI is InChI=1S/C12H16N2O3/c13-17-11-6-7-14(8-11)12(15)9-16-10-4-2-1-3-5-10/h1-5,11H,6-9,13H2. The molecule has 0 saturated carbocycles. The van der Waals surface area contributed by atoms with Crippen LogP contribution in [0.4, 0.5) is 0 Å². The van der Waals surface area contributed by atoms with Gasteiger partial charge in [0.05, 0.1) is 6.10 Å². The first-order valence-corrected chi connectivity index (χ1v) is 5.61. The Morgan fingerprint density at radius 2 is 2.18 bits per heavy atom. The zero-order chi connectivity index (χ0) is 12.1. The van der Waals surface area contributed by atoms with Gasteiger partial charge in [0.2, 0.25) is 0 Å². The molecule has 0 spiro atoms. The maximum Gasteiger partial charge on any atom is 0.260 e. The first kappa shape index (κ1) is 11.9. The summed E-state index contributed by atoms with van der Waals surface area (Å²) in [6.07, 6.45) is 0.740. The average molecular weight is 236 g/mol. The Morgan fingerprint density at radius 1 is 1.41 bits per heavy atom. The van der Waals surface area contributed by atoms with Crippen molar-refractivity contribution in [2.75, 3.05) is 19.7 Å². The molecular formula is C12H16N2O3. The monoisotopic (exact) mass is 236 g/mol. The number of rotatable bonds is 4. The molecule has 1 aromatic rings. The summed E-state index contributed by atoms with van der Waals surface area (Å²) in [6.45, 7) is 1.29. The van der Waals surface area contributed by atoms with Crippen molar-refractivity contribution in [2.24, 2.45) is 5.90 Å². The third kappa shape index (κ3) is 3.18. The largest absolute Gasteiger partial charge is 0.484 e. The van der Waals surface area contributed by atoms with Crippen molar-refractivity contribution in [2.45, 2.75) is 12.5 Å². The summed E-state index contributed by atoms with van der Waals surface area (Å²) < 4.78 is 5.39. The van der Waals surface area contributed by atoms with Gasteiger partial charge in [-0.1, -0.05) is 18.2 Å². The summed E-state index contributed by atoms with van der Waals surface area (Å²) in [6, 6.07) is 9.28. The third-order valence-corrected chi connectivity index (χ3v) is 2.80. The number of nitrogens with two attached hydrogens (primary N) is 1. The average Bonchev–Trinajstić information content (AvgIpc) is 2.86. The number of carbonyl (C=O) groups is 1. The van der Waals surface area contributed by atoms with Gasteiger partial charge >= 0.3 is 0 Å². The lowest BCUT2D eigenvalue weighted by atomic mass is 10.3. The molecule has 0 aliphatic carbocycles. The van der Waals surface area contributed by atoms with E-state index in [2.05, 4.69) is 0 Å². The Kier molecular flexibility index (Phi) is 3.95. The minimum atomic E-state index is -0.0457. The van der Waals surface area contributed by atoms with E-state index in [1.165, 1.54) is 0 Å². The molecule has 92 valence electrons. The molecule has 17 heavy (non-hydrogen) atoms. The van der Waals surface area contributed by atoms with Crippen LogP contribution >= 0.6 is 0 Å². The van der Waals surface area contributed by atoms with Gasteiger partial charge in [0.25, 0.3) is 5.91 Å². The fourth-order valence-corrected chi connectivity index (χ4v) is 1.82. The van der Waals surface area contributed by atoms with Crippen molar-refractivity contribution in [1.29, 1.82) is 0 Å². The molecule has 2 rings (SSSR count). The molecule has 0 bridgehead atoms. The summed E-state index contributed by atoms with van der Waals surface area (Å²) >= 11 is 0. The van der Waals surface area contributed by atoms with Gasteiger partial charge in [-0.15, -0.1) is 0 Å². The lowest BCUT2D eigenvalue weighted by Gasteiger charge is -2.16. The Labute approximate surface area is 100 Å². The number of carbonyl (C=O) groups excluding carboxylic acids is 1. The van der Waals surface area contributed by atoms with Crippen LogP contribution in [0.5, 0.6) is 5.75 Å². The van der Waals surface area contributed by atoms with Crippen molar-refractivity contribution in [3.05, 3.63) is 30.3 Å². The first-order valence-electron chi connectivity index (χ1n) is 5.61. The Hall–Kier alpha value is -1.59. The van der Waals surface area contributed by atoms with Crippen LogP contribution in [0.25, 0.3) is 0 Å². The van der Waals surface area contributed by atoms with Crippen LogP contribution in [0.1, 0.15) is 6.42 Å². The Bertz CT molecular complexity index is 369. The second-order valence-electron chi connectivity index (χ2n) is 3.99. The van der Waals surface area contributed by atoms with Gasteiger partial charge < -0.3 is 9.64 Å². The number of para-hydroxylation sites is 1. The van der Waals surface area contributed by atoms with Crippen LogP contribution in [0.2, 0.25) is 0 Å². The molecule has 2 N–H and O–H groups in total. The van der Waals surface area contributed by atoms with Crippen molar-refractivity contribution in [3.63, 3.8) is 0 Å². The molecule has 1 unspecified atom stereocenters. The smallest absolute Gasteiger partial charge is 0.260 e. The van der Waals surface area contributed by atoms with Crippen LogP contribution in [0.15, 0.2) is 30.3 Å². The fraction of sp³-hybridized carbons (Fsp3) is 0.417. The van der Waals surface area contributed by atoms with Crippen molar-refractivity contribution < 1.29 is 14.4 Å². The van der Waals surface area contributed by atoms with Crippen LogP contribution in [0.3, 0.4) is 0 Å². The molecule has 0 aromatic heterocycles. The van der Waals surface area contributed by atoms with E-state index in [9.17, 15) is 4.79 Å². The van der Waals surface area contributed by atoms with Gasteiger partial charge in [0.15, 0.2) is 6.61 Å². The molecule has 5 nitrogen and oxygen atoms in total. The quantitative estimate of drug-likeness (QED) is 0.776. The molecule has 0 radical (unpaired) electrons. The maximum absolute atomic E-state index is 11.8. The number of ether oxygens (including phenoxy) is 1. The highest BCUT2D eigenvalue weighted by Crippen LogP contribution is 2.12. The molecular weight excluding hydrogens is 220 g/mol. The highest BCUT2D eigenvalue weighted by molar-refractivity contribution is 5.78. The number of hydrogen-bond donors (Lipinski definition) is 1. The Balaban J connectivity index is 1.78. The molecule has 5 heteroatoms. The van der Waals surface area contributed by atoms with Crippen LogP contribution in [-0.2, 0) is 9.63 Å². The highest BCUT2D eigenvalue weighted by atomic mass is 16.6. The summed E-state index contributed by atoms with van der Waals surface area (Å²) in [5.74, 6) is 5.76. The summed E-state index contributed by atoms with van der Waals surface area (Å²) in [5, 5.41) is 0. The van der Waals surface area contributed by atoms with Crippen LogP contribution < -0.4 is 10.6 Å². The molecule has 1 aromatic carbocycles. The van der Waals surface area contributed by atoms with E-state index in [4.69, 9.17) is 15.5 Å². The van der Waals surface area contributed by atoms with E-state index in [0.29, 0.717) is 18.8 Å². The zero-order valence-electron chi connectivity index (χ0n) is 9.54. The molecule has 1 amide bonds. The number of benzene rings is 1. The van der Waals surface area contributed by atoms with Gasteiger partial charge in [0.1, 0.15) is 5.75 Å². The summed E-state index contributed by atoms with van der Waals surface area (Å²) in [4.78, 5) is 18.2. The van der Waals surface area contributed by atoms with E-state index >= 15 is 0 Å². The fourth-order valence-electron chi connectivity index (χ4n) is 1.82. The van der Waals surface area contributed by atoms with Gasteiger partial charge in [-0.3, -0.25) is 9.63 Å². The number of hydrogen-bond acceptors (Lipinski definition) is 4. The topological polar surface area (TPSA) is 64.8 Å². The van der Waals surface area contributed by atoms with Crippen molar-refractivity contribution in [3.8, 4) is 5.75 Å². The van der Waals surface area contributed by atoms with Gasteiger partial charge in [-0.2, -0.15) is 0 Å². The van der Waals surface area contributed by atoms with Crippen LogP contribution in [0, 0.1) is 0 Å². The normalized spacial score (nSPS) is 19.4. The van der Waals surface area contributed by atoms with Gasteiger partial charge in [-0.25, -0.2) is 5.90 Å². The maximum atomic E-state index is 11.8. The predicted molar refractivity (Wildman–Crippen MR) is 62.2 cm³/mol. The van der Waals surface area contributed by atoms with E-state index < -0.39 is 0 Å². The van der Waals surface area contributed by atoms with Crippen molar-refractivity contribution in [1.82, 2.24) is 4.90 Å². The minimum Gasteiger partial charge on any atom is -0.484 e. The molecule has 1 aliphatic heterocycles. The zero-order valence-corrected chi connectivity index (χ0v) is 9.54. The molecule has 1 saturated heterocycles. The highest BCUT2D eigenvalue weighted by Gasteiger charge is 2.26. The second-order valence-corrected chi connectivity index (χ2v) is 3.99. The Morgan fingerprint density at radius 3 is 2.82 bits per heavy atom. The molecule has 1 heterocycles. The van der Waals surface area contributed by atoms with E-state index in [-0.39, 0.29) is 18.6 Å². The first-order chi connectivity index (χ1) is 8.29. The van der Waals surface area contributed by atoms with E-state index in [1.807, 2.05) is 30.3 Å². The lowest BCUT2D eigenvalue weighted by molar-refractivity contribution is -0.132. The van der Waals surface area contributed by atoms with Gasteiger partial charge in [0, 0.05) is 13.1 Å². The molecule has 1 aliphatic rings. The lowest BCUT2D eigenvalue weighted by Crippen LogP contribution is -2.34. The SMILES string of the molecule is NOC1CCN(C(=O)COc2ccccc2)C1. The minimum absolute atomic E-state index is 0.0339. The predicted octanol–water partition coefficient (Wildman–Crippen LogP) is 0.557. The summed E-state index contributed by atoms with van der Waals surface area (Å²) in [7, 11) is 0. The van der Waals surface area contributed by atoms with E-state index in [0.717, 1.165) is 6.42 Å². The number of nitrogens with zero attached hydrogens (tertiary/aromatic N) is 1. The number of likely N-dealkylation sites (tertiary alicyclic amines) is 1.